The zero-order valence-corrected chi connectivity index (χ0v) is 13.8. The molecule has 2 atom stereocenters. The molecule has 1 fully saturated rings. The minimum absolute atomic E-state index is 0.00440. The summed E-state index contributed by atoms with van der Waals surface area (Å²) in [5.74, 6) is 0.931. The molecular weight excluding hydrogens is 304 g/mol. The average molecular weight is 326 g/mol. The summed E-state index contributed by atoms with van der Waals surface area (Å²) >= 11 is 0. The minimum Gasteiger partial charge on any atom is -0.497 e. The second-order valence-corrected chi connectivity index (χ2v) is 6.64. The molecule has 4 rings (SSSR count). The van der Waals surface area contributed by atoms with Crippen molar-refractivity contribution in [2.24, 2.45) is 5.73 Å². The number of rotatable bonds is 3. The number of carbonyl (C=O) groups is 1. The SMILES string of the molecule is COc1cccc([C@@H]2CN(C(=O)c3n[nH]c4c3CCC4)C[C@H]2N)c1. The molecule has 6 nitrogen and oxygen atoms in total. The summed E-state index contributed by atoms with van der Waals surface area (Å²) in [6.45, 7) is 1.18. The van der Waals surface area contributed by atoms with Crippen molar-refractivity contribution in [3.05, 3.63) is 46.8 Å². The fourth-order valence-electron chi connectivity index (χ4n) is 3.87. The van der Waals surface area contributed by atoms with E-state index in [1.807, 2.05) is 29.2 Å². The van der Waals surface area contributed by atoms with Gasteiger partial charge in [-0.2, -0.15) is 5.10 Å². The number of aryl methyl sites for hydroxylation is 1. The summed E-state index contributed by atoms with van der Waals surface area (Å²) in [6.07, 6.45) is 3.02. The molecule has 0 spiro atoms. The lowest BCUT2D eigenvalue weighted by Gasteiger charge is -2.16. The van der Waals surface area contributed by atoms with Gasteiger partial charge in [-0.3, -0.25) is 9.89 Å². The summed E-state index contributed by atoms with van der Waals surface area (Å²) in [4.78, 5) is 14.7. The van der Waals surface area contributed by atoms with Crippen molar-refractivity contribution < 1.29 is 9.53 Å². The molecule has 1 aliphatic heterocycles. The predicted molar refractivity (Wildman–Crippen MR) is 90.2 cm³/mol. The molecule has 1 aromatic carbocycles. The lowest BCUT2D eigenvalue weighted by atomic mass is 9.95. The summed E-state index contributed by atoms with van der Waals surface area (Å²) < 4.78 is 5.30. The highest BCUT2D eigenvalue weighted by molar-refractivity contribution is 5.94. The van der Waals surface area contributed by atoms with Gasteiger partial charge in [0.2, 0.25) is 0 Å². The van der Waals surface area contributed by atoms with Crippen LogP contribution < -0.4 is 10.5 Å². The number of hydrogen-bond donors (Lipinski definition) is 2. The van der Waals surface area contributed by atoms with Crippen molar-refractivity contribution >= 4 is 5.91 Å². The molecule has 126 valence electrons. The maximum atomic E-state index is 12.9. The Balaban J connectivity index is 1.55. The number of H-pyrrole nitrogens is 1. The van der Waals surface area contributed by atoms with Crippen LogP contribution in [-0.4, -0.2) is 47.2 Å². The fourth-order valence-corrected chi connectivity index (χ4v) is 3.87. The number of nitrogens with one attached hydrogen (secondary N) is 1. The first kappa shape index (κ1) is 15.2. The van der Waals surface area contributed by atoms with Crippen LogP contribution in [0.1, 0.15) is 39.6 Å². The highest BCUT2D eigenvalue weighted by Gasteiger charge is 2.36. The highest BCUT2D eigenvalue weighted by Crippen LogP contribution is 2.31. The van der Waals surface area contributed by atoms with E-state index in [9.17, 15) is 4.79 Å². The van der Waals surface area contributed by atoms with E-state index in [1.54, 1.807) is 7.11 Å². The summed E-state index contributed by atoms with van der Waals surface area (Å²) in [6, 6.07) is 7.86. The number of fused-ring (bicyclic) bond motifs is 1. The Bertz CT molecular complexity index is 770. The van der Waals surface area contributed by atoms with E-state index in [1.165, 1.54) is 0 Å². The molecule has 1 aliphatic carbocycles. The number of ether oxygens (including phenoxy) is 1. The van der Waals surface area contributed by atoms with Crippen molar-refractivity contribution in [2.45, 2.75) is 31.2 Å². The van der Waals surface area contributed by atoms with Crippen LogP contribution in [0.15, 0.2) is 24.3 Å². The van der Waals surface area contributed by atoms with Gasteiger partial charge < -0.3 is 15.4 Å². The second kappa shape index (κ2) is 5.94. The number of benzene rings is 1. The Kier molecular flexibility index (Phi) is 3.76. The molecule has 1 saturated heterocycles. The van der Waals surface area contributed by atoms with Crippen LogP contribution in [0.2, 0.25) is 0 Å². The topological polar surface area (TPSA) is 84.2 Å². The second-order valence-electron chi connectivity index (χ2n) is 6.64. The van der Waals surface area contributed by atoms with Gasteiger partial charge in [-0.15, -0.1) is 0 Å². The molecule has 1 amide bonds. The third-order valence-corrected chi connectivity index (χ3v) is 5.18. The number of hydrogen-bond acceptors (Lipinski definition) is 4. The molecule has 1 aromatic heterocycles. The van der Waals surface area contributed by atoms with Gasteiger partial charge in [0.05, 0.1) is 7.11 Å². The smallest absolute Gasteiger partial charge is 0.274 e. The first-order chi connectivity index (χ1) is 11.7. The van der Waals surface area contributed by atoms with Crippen LogP contribution in [0.3, 0.4) is 0 Å². The zero-order chi connectivity index (χ0) is 16.7. The molecule has 2 heterocycles. The Morgan fingerprint density at radius 2 is 2.25 bits per heavy atom. The van der Waals surface area contributed by atoms with Gasteiger partial charge in [-0.25, -0.2) is 0 Å². The number of nitrogens with two attached hydrogens (primary N) is 1. The van der Waals surface area contributed by atoms with E-state index in [0.717, 1.165) is 41.8 Å². The van der Waals surface area contributed by atoms with Crippen LogP contribution in [-0.2, 0) is 12.8 Å². The molecule has 0 unspecified atom stereocenters. The van der Waals surface area contributed by atoms with E-state index >= 15 is 0 Å². The first-order valence-corrected chi connectivity index (χ1v) is 8.42. The summed E-state index contributed by atoms with van der Waals surface area (Å²) in [5, 5.41) is 7.27. The first-order valence-electron chi connectivity index (χ1n) is 8.42. The van der Waals surface area contributed by atoms with Crippen LogP contribution in [0.4, 0.5) is 0 Å². The van der Waals surface area contributed by atoms with Crippen molar-refractivity contribution in [3.8, 4) is 5.75 Å². The van der Waals surface area contributed by atoms with Crippen molar-refractivity contribution in [1.29, 1.82) is 0 Å². The van der Waals surface area contributed by atoms with Gasteiger partial charge in [0.25, 0.3) is 5.91 Å². The number of methoxy groups -OCH3 is 1. The Morgan fingerprint density at radius 3 is 3.08 bits per heavy atom. The summed E-state index contributed by atoms with van der Waals surface area (Å²) in [5.41, 5.74) is 10.2. The van der Waals surface area contributed by atoms with Crippen LogP contribution in [0.25, 0.3) is 0 Å². The number of nitrogens with zero attached hydrogens (tertiary/aromatic N) is 2. The Labute approximate surface area is 141 Å². The average Bonchev–Trinajstić information content (AvgIpc) is 3.29. The summed E-state index contributed by atoms with van der Waals surface area (Å²) in [7, 11) is 1.65. The fraction of sp³-hybridized carbons (Fsp3) is 0.444. The molecule has 0 bridgehead atoms. The maximum Gasteiger partial charge on any atom is 0.274 e. The maximum absolute atomic E-state index is 12.9. The molecule has 0 saturated carbocycles. The predicted octanol–water partition coefficient (Wildman–Crippen LogP) is 1.47. The van der Waals surface area contributed by atoms with E-state index in [0.29, 0.717) is 18.8 Å². The van der Waals surface area contributed by atoms with Crippen molar-refractivity contribution in [1.82, 2.24) is 15.1 Å². The standard InChI is InChI=1S/C18H22N4O2/c1-24-12-5-2-4-11(8-12)14-9-22(10-15(14)19)18(23)17-13-6-3-7-16(13)20-21-17/h2,4-5,8,14-15H,3,6-7,9-10,19H2,1H3,(H,20,21)/t14-,15+/m0/s1. The van der Waals surface area contributed by atoms with Gasteiger partial charge in [-0.1, -0.05) is 12.1 Å². The third kappa shape index (κ3) is 2.47. The normalized spacial score (nSPS) is 22.7. The molecule has 6 heteroatoms. The van der Waals surface area contributed by atoms with E-state index in [4.69, 9.17) is 10.5 Å². The van der Waals surface area contributed by atoms with Crippen LogP contribution in [0.5, 0.6) is 5.75 Å². The molecule has 2 aromatic rings. The molecule has 0 radical (unpaired) electrons. The van der Waals surface area contributed by atoms with Gasteiger partial charge in [-0.05, 0) is 37.0 Å². The largest absolute Gasteiger partial charge is 0.497 e. The van der Waals surface area contributed by atoms with Gasteiger partial charge >= 0.3 is 0 Å². The highest BCUT2D eigenvalue weighted by atomic mass is 16.5. The van der Waals surface area contributed by atoms with Crippen molar-refractivity contribution in [2.75, 3.05) is 20.2 Å². The number of likely N-dealkylation sites (tertiary alicyclic amines) is 1. The molecule has 2 aliphatic rings. The Morgan fingerprint density at radius 1 is 1.38 bits per heavy atom. The number of amides is 1. The monoisotopic (exact) mass is 326 g/mol. The lowest BCUT2D eigenvalue weighted by Crippen LogP contribution is -2.32. The van der Waals surface area contributed by atoms with Crippen LogP contribution >= 0.6 is 0 Å². The number of aromatic amines is 1. The number of aromatic nitrogens is 2. The number of carbonyl (C=O) groups excluding carboxylic acids is 1. The molecule has 24 heavy (non-hydrogen) atoms. The van der Waals surface area contributed by atoms with E-state index in [2.05, 4.69) is 10.2 Å². The quantitative estimate of drug-likeness (QED) is 0.895. The van der Waals surface area contributed by atoms with Crippen LogP contribution in [0, 0.1) is 0 Å². The van der Waals surface area contributed by atoms with Gasteiger partial charge in [0.15, 0.2) is 5.69 Å². The van der Waals surface area contributed by atoms with Gasteiger partial charge in [0.1, 0.15) is 5.75 Å². The third-order valence-electron chi connectivity index (χ3n) is 5.18. The molecular formula is C18H22N4O2. The van der Waals surface area contributed by atoms with Crippen molar-refractivity contribution in [3.63, 3.8) is 0 Å². The van der Waals surface area contributed by atoms with E-state index < -0.39 is 0 Å². The lowest BCUT2D eigenvalue weighted by molar-refractivity contribution is 0.0782. The van der Waals surface area contributed by atoms with E-state index in [-0.39, 0.29) is 17.9 Å². The zero-order valence-electron chi connectivity index (χ0n) is 13.8. The van der Waals surface area contributed by atoms with Gasteiger partial charge in [0, 0.05) is 36.3 Å². The minimum atomic E-state index is -0.0759. The molecule has 3 N–H and O–H groups in total. The Hall–Kier alpha value is -2.34.